The van der Waals surface area contributed by atoms with E-state index in [-0.39, 0.29) is 24.0 Å². The van der Waals surface area contributed by atoms with Crippen molar-refractivity contribution in [1.29, 1.82) is 0 Å². The normalized spacial score (nSPS) is 24.2. The molecule has 3 unspecified atom stereocenters. The Kier molecular flexibility index (Phi) is 7.13. The van der Waals surface area contributed by atoms with Crippen LogP contribution in [0.5, 0.6) is 0 Å². The van der Waals surface area contributed by atoms with Crippen LogP contribution in [0.1, 0.15) is 30.4 Å². The molecule has 2 aliphatic rings. The summed E-state index contributed by atoms with van der Waals surface area (Å²) in [4.78, 5) is 4.83. The number of benzene rings is 2. The molecule has 3 atom stereocenters. The fourth-order valence-corrected chi connectivity index (χ4v) is 3.78. The van der Waals surface area contributed by atoms with Crippen LogP contribution in [0.4, 0.5) is 5.69 Å². The van der Waals surface area contributed by atoms with Crippen molar-refractivity contribution >= 4 is 35.6 Å². The highest BCUT2D eigenvalue weighted by Crippen LogP contribution is 2.37. The van der Waals surface area contributed by atoms with Crippen LogP contribution in [0.2, 0.25) is 0 Å². The highest BCUT2D eigenvalue weighted by molar-refractivity contribution is 14.0. The second-order valence-electron chi connectivity index (χ2n) is 7.34. The zero-order valence-corrected chi connectivity index (χ0v) is 18.1. The molecule has 4 nitrogen and oxygen atoms in total. The lowest BCUT2D eigenvalue weighted by Gasteiger charge is -2.47. The number of hydrogen-bond acceptors (Lipinski definition) is 2. The molecule has 5 heteroatoms. The SMILES string of the molecule is Cc1ccc(CN=C(Nc2ccccc2)NC2CC3OCCCC23)cc1.I. The van der Waals surface area contributed by atoms with E-state index < -0.39 is 0 Å². The number of rotatable bonds is 4. The Morgan fingerprint density at radius 1 is 1.11 bits per heavy atom. The molecule has 1 aliphatic heterocycles. The highest BCUT2D eigenvalue weighted by atomic mass is 127. The number of guanidine groups is 1. The van der Waals surface area contributed by atoms with Gasteiger partial charge in [-0.05, 0) is 43.9 Å². The Morgan fingerprint density at radius 3 is 2.63 bits per heavy atom. The predicted octanol–water partition coefficient (Wildman–Crippen LogP) is 4.74. The van der Waals surface area contributed by atoms with Gasteiger partial charge in [0.25, 0.3) is 0 Å². The fourth-order valence-electron chi connectivity index (χ4n) is 3.78. The third-order valence-electron chi connectivity index (χ3n) is 5.39. The monoisotopic (exact) mass is 477 g/mol. The summed E-state index contributed by atoms with van der Waals surface area (Å²) < 4.78 is 5.85. The zero-order chi connectivity index (χ0) is 17.8. The largest absolute Gasteiger partial charge is 0.378 e. The Balaban J connectivity index is 0.00000210. The Hall–Kier alpha value is -1.60. The van der Waals surface area contributed by atoms with Gasteiger partial charge in [0.05, 0.1) is 12.6 Å². The summed E-state index contributed by atoms with van der Waals surface area (Å²) in [6.07, 6.45) is 3.93. The quantitative estimate of drug-likeness (QED) is 0.380. The Bertz CT molecular complexity index is 748. The van der Waals surface area contributed by atoms with Crippen molar-refractivity contribution in [2.24, 2.45) is 10.9 Å². The van der Waals surface area contributed by atoms with Crippen LogP contribution >= 0.6 is 24.0 Å². The molecule has 1 saturated carbocycles. The summed E-state index contributed by atoms with van der Waals surface area (Å²) in [7, 11) is 0. The van der Waals surface area contributed by atoms with Gasteiger partial charge in [0, 0.05) is 24.3 Å². The van der Waals surface area contributed by atoms with Crippen LogP contribution in [0.15, 0.2) is 59.6 Å². The van der Waals surface area contributed by atoms with E-state index in [1.165, 1.54) is 24.0 Å². The number of nitrogens with one attached hydrogen (secondary N) is 2. The van der Waals surface area contributed by atoms with E-state index in [9.17, 15) is 0 Å². The first-order valence-corrected chi connectivity index (χ1v) is 9.58. The molecule has 2 aromatic carbocycles. The number of nitrogens with zero attached hydrogens (tertiary/aromatic N) is 1. The van der Waals surface area contributed by atoms with Gasteiger partial charge in [0.1, 0.15) is 0 Å². The van der Waals surface area contributed by atoms with Crippen LogP contribution < -0.4 is 10.6 Å². The second-order valence-corrected chi connectivity index (χ2v) is 7.34. The van der Waals surface area contributed by atoms with Crippen LogP contribution in [0, 0.1) is 12.8 Å². The molecule has 0 radical (unpaired) electrons. The molecule has 0 spiro atoms. The van der Waals surface area contributed by atoms with Gasteiger partial charge in [0.2, 0.25) is 0 Å². The molecule has 1 saturated heterocycles. The van der Waals surface area contributed by atoms with Crippen molar-refractivity contribution in [1.82, 2.24) is 5.32 Å². The smallest absolute Gasteiger partial charge is 0.196 e. The number of anilines is 1. The van der Waals surface area contributed by atoms with E-state index in [2.05, 4.69) is 54.0 Å². The van der Waals surface area contributed by atoms with E-state index >= 15 is 0 Å². The minimum absolute atomic E-state index is 0. The number of aryl methyl sites for hydroxylation is 1. The van der Waals surface area contributed by atoms with Crippen molar-refractivity contribution in [2.75, 3.05) is 11.9 Å². The average Bonchev–Trinajstić information content (AvgIpc) is 2.66. The molecule has 2 aromatic rings. The van der Waals surface area contributed by atoms with Crippen molar-refractivity contribution in [3.63, 3.8) is 0 Å². The Morgan fingerprint density at radius 2 is 1.89 bits per heavy atom. The number of fused-ring (bicyclic) bond motifs is 1. The molecular formula is C22H28IN3O. The minimum Gasteiger partial charge on any atom is -0.378 e. The number of halogens is 1. The molecule has 4 rings (SSSR count). The van der Waals surface area contributed by atoms with Gasteiger partial charge >= 0.3 is 0 Å². The van der Waals surface area contributed by atoms with Crippen molar-refractivity contribution < 1.29 is 4.74 Å². The molecular weight excluding hydrogens is 449 g/mol. The summed E-state index contributed by atoms with van der Waals surface area (Å²) in [5.74, 6) is 1.47. The second kappa shape index (κ2) is 9.55. The van der Waals surface area contributed by atoms with Crippen LogP contribution in [-0.2, 0) is 11.3 Å². The van der Waals surface area contributed by atoms with Gasteiger partial charge in [-0.1, -0.05) is 48.0 Å². The lowest BCUT2D eigenvalue weighted by atomic mass is 9.72. The van der Waals surface area contributed by atoms with Crippen molar-refractivity contribution in [3.8, 4) is 0 Å². The van der Waals surface area contributed by atoms with Crippen LogP contribution in [0.25, 0.3) is 0 Å². The maximum atomic E-state index is 5.85. The molecule has 0 aromatic heterocycles. The summed E-state index contributed by atoms with van der Waals surface area (Å²) in [6, 6.07) is 19.2. The maximum absolute atomic E-state index is 5.85. The van der Waals surface area contributed by atoms with E-state index in [0.717, 1.165) is 24.7 Å². The van der Waals surface area contributed by atoms with Crippen LogP contribution in [-0.4, -0.2) is 24.7 Å². The van der Waals surface area contributed by atoms with Gasteiger partial charge in [-0.15, -0.1) is 24.0 Å². The van der Waals surface area contributed by atoms with Crippen LogP contribution in [0.3, 0.4) is 0 Å². The Labute approximate surface area is 178 Å². The summed E-state index contributed by atoms with van der Waals surface area (Å²) >= 11 is 0. The van der Waals surface area contributed by atoms with E-state index in [0.29, 0.717) is 24.6 Å². The molecule has 2 N–H and O–H groups in total. The first kappa shape index (κ1) is 20.1. The van der Waals surface area contributed by atoms with Crippen molar-refractivity contribution in [3.05, 3.63) is 65.7 Å². The molecule has 0 bridgehead atoms. The number of hydrogen-bond donors (Lipinski definition) is 2. The summed E-state index contributed by atoms with van der Waals surface area (Å²) in [6.45, 7) is 3.69. The molecule has 27 heavy (non-hydrogen) atoms. The maximum Gasteiger partial charge on any atom is 0.196 e. The first-order chi connectivity index (χ1) is 12.8. The standard InChI is InChI=1S/C22H27N3O.HI/c1-16-9-11-17(12-10-16)15-23-22(24-18-6-3-2-4-7-18)25-20-14-21-19(20)8-5-13-26-21;/h2-4,6-7,9-12,19-21H,5,8,13-15H2,1H3,(H2,23,24,25);1H. The van der Waals surface area contributed by atoms with Gasteiger partial charge in [-0.2, -0.15) is 0 Å². The lowest BCUT2D eigenvalue weighted by molar-refractivity contribution is -0.0989. The van der Waals surface area contributed by atoms with E-state index in [1.54, 1.807) is 0 Å². The third kappa shape index (κ3) is 5.23. The lowest BCUT2D eigenvalue weighted by Crippen LogP contribution is -2.58. The number of aliphatic imine (C=N–C) groups is 1. The van der Waals surface area contributed by atoms with E-state index in [4.69, 9.17) is 9.73 Å². The predicted molar refractivity (Wildman–Crippen MR) is 122 cm³/mol. The topological polar surface area (TPSA) is 45.7 Å². The molecule has 1 aliphatic carbocycles. The highest BCUT2D eigenvalue weighted by Gasteiger charge is 2.43. The fraction of sp³-hybridized carbons (Fsp3) is 0.409. The minimum atomic E-state index is 0. The third-order valence-corrected chi connectivity index (χ3v) is 5.39. The average molecular weight is 477 g/mol. The number of para-hydroxylation sites is 1. The molecule has 144 valence electrons. The van der Waals surface area contributed by atoms with Gasteiger partial charge in [-0.3, -0.25) is 0 Å². The summed E-state index contributed by atoms with van der Waals surface area (Å²) in [5, 5.41) is 7.09. The number of ether oxygens (including phenoxy) is 1. The van der Waals surface area contributed by atoms with Crippen molar-refractivity contribution in [2.45, 2.75) is 44.9 Å². The van der Waals surface area contributed by atoms with Gasteiger partial charge < -0.3 is 15.4 Å². The van der Waals surface area contributed by atoms with Gasteiger partial charge in [-0.25, -0.2) is 4.99 Å². The molecule has 1 heterocycles. The molecule has 2 fully saturated rings. The zero-order valence-electron chi connectivity index (χ0n) is 15.7. The van der Waals surface area contributed by atoms with E-state index in [1.807, 2.05) is 18.2 Å². The molecule has 0 amide bonds. The van der Waals surface area contributed by atoms with Gasteiger partial charge in [0.15, 0.2) is 5.96 Å². The first-order valence-electron chi connectivity index (χ1n) is 9.58. The summed E-state index contributed by atoms with van der Waals surface area (Å²) in [5.41, 5.74) is 3.55.